The topological polar surface area (TPSA) is 84.7 Å². The molecule has 8 nitrogen and oxygen atoms in total. The van der Waals surface area contributed by atoms with E-state index in [1.165, 1.54) is 5.56 Å². The van der Waals surface area contributed by atoms with Gasteiger partial charge in [0.2, 0.25) is 17.1 Å². The molecule has 0 fully saturated rings. The molecule has 0 aliphatic heterocycles. The first kappa shape index (κ1) is 18.1. The highest BCUT2D eigenvalue weighted by molar-refractivity contribution is 7.98. The lowest BCUT2D eigenvalue weighted by Gasteiger charge is -2.19. The summed E-state index contributed by atoms with van der Waals surface area (Å²) in [4.78, 5) is 19.8. The van der Waals surface area contributed by atoms with E-state index >= 15 is 0 Å². The molecular formula is C17H22N8S. The highest BCUT2D eigenvalue weighted by Gasteiger charge is 2.13. The van der Waals surface area contributed by atoms with Crippen molar-refractivity contribution >= 4 is 23.7 Å². The van der Waals surface area contributed by atoms with Crippen LogP contribution in [0.3, 0.4) is 0 Å². The maximum atomic E-state index is 4.54. The Hall–Kier alpha value is -2.68. The molecule has 0 unspecified atom stereocenters. The van der Waals surface area contributed by atoms with Crippen molar-refractivity contribution in [3.05, 3.63) is 42.2 Å². The molecule has 136 valence electrons. The molecule has 1 aromatic carbocycles. The van der Waals surface area contributed by atoms with Crippen LogP contribution in [0.15, 0.2) is 41.8 Å². The van der Waals surface area contributed by atoms with Gasteiger partial charge in [0, 0.05) is 25.9 Å². The fraction of sp³-hybridized carbons (Fsp3) is 0.353. The number of thioether (sulfide) groups is 1. The van der Waals surface area contributed by atoms with Crippen LogP contribution in [0.25, 0.3) is 5.95 Å². The molecule has 0 bridgehead atoms. The Kier molecular flexibility index (Phi) is 6.00. The summed E-state index contributed by atoms with van der Waals surface area (Å²) in [6, 6.07) is 10.2. The molecule has 0 saturated carbocycles. The highest BCUT2D eigenvalue weighted by Crippen LogP contribution is 2.19. The number of benzene rings is 1. The quantitative estimate of drug-likeness (QED) is 0.606. The zero-order valence-electron chi connectivity index (χ0n) is 15.1. The highest BCUT2D eigenvalue weighted by atomic mass is 32.2. The van der Waals surface area contributed by atoms with E-state index in [0.29, 0.717) is 23.0 Å². The van der Waals surface area contributed by atoms with Gasteiger partial charge in [0.05, 0.1) is 0 Å². The maximum absolute atomic E-state index is 4.54. The summed E-state index contributed by atoms with van der Waals surface area (Å²) in [5.41, 5.74) is 1.23. The van der Waals surface area contributed by atoms with Crippen molar-refractivity contribution in [3.8, 4) is 5.95 Å². The van der Waals surface area contributed by atoms with Crippen LogP contribution in [-0.4, -0.2) is 49.9 Å². The Morgan fingerprint density at radius 1 is 1.08 bits per heavy atom. The van der Waals surface area contributed by atoms with Crippen LogP contribution in [0.5, 0.6) is 0 Å². The van der Waals surface area contributed by atoms with E-state index in [0.717, 1.165) is 18.8 Å². The second-order valence-electron chi connectivity index (χ2n) is 5.43. The van der Waals surface area contributed by atoms with Gasteiger partial charge in [-0.25, -0.2) is 4.98 Å². The third-order valence-electron chi connectivity index (χ3n) is 3.77. The zero-order chi connectivity index (χ0) is 18.4. The molecule has 0 atom stereocenters. The van der Waals surface area contributed by atoms with Crippen LogP contribution >= 0.6 is 11.8 Å². The van der Waals surface area contributed by atoms with Crippen LogP contribution in [0, 0.1) is 0 Å². The van der Waals surface area contributed by atoms with Gasteiger partial charge in [0.15, 0.2) is 0 Å². The number of rotatable bonds is 8. The minimum Gasteiger partial charge on any atom is -0.357 e. The predicted octanol–water partition coefficient (Wildman–Crippen LogP) is 2.63. The number of nitrogens with zero attached hydrogens (tertiary/aromatic N) is 7. The van der Waals surface area contributed by atoms with Gasteiger partial charge in [-0.05, 0) is 19.4 Å². The van der Waals surface area contributed by atoms with Gasteiger partial charge in [-0.3, -0.25) is 0 Å². The molecule has 1 N–H and O–H groups in total. The van der Waals surface area contributed by atoms with Crippen molar-refractivity contribution in [2.45, 2.75) is 24.8 Å². The second-order valence-corrected chi connectivity index (χ2v) is 6.37. The van der Waals surface area contributed by atoms with E-state index in [1.807, 2.05) is 18.2 Å². The Balaban J connectivity index is 1.80. The second kappa shape index (κ2) is 8.61. The van der Waals surface area contributed by atoms with Crippen LogP contribution in [0.1, 0.15) is 19.4 Å². The number of aromatic nitrogens is 6. The molecule has 0 aliphatic carbocycles. The van der Waals surface area contributed by atoms with Crippen LogP contribution in [-0.2, 0) is 5.75 Å². The largest absolute Gasteiger partial charge is 0.357 e. The van der Waals surface area contributed by atoms with Gasteiger partial charge in [-0.2, -0.15) is 19.6 Å². The third kappa shape index (κ3) is 4.29. The van der Waals surface area contributed by atoms with Crippen molar-refractivity contribution in [2.75, 3.05) is 30.4 Å². The zero-order valence-corrected chi connectivity index (χ0v) is 15.9. The molecule has 0 spiro atoms. The van der Waals surface area contributed by atoms with Crippen LogP contribution in [0.2, 0.25) is 0 Å². The van der Waals surface area contributed by atoms with Crippen molar-refractivity contribution in [1.29, 1.82) is 0 Å². The molecule has 3 rings (SSSR count). The van der Waals surface area contributed by atoms with Crippen molar-refractivity contribution in [3.63, 3.8) is 0 Å². The summed E-state index contributed by atoms with van der Waals surface area (Å²) in [5, 5.41) is 8.16. The monoisotopic (exact) mass is 370 g/mol. The SMILES string of the molecule is CCN(CC)c1nc(NC)nc(-n2cnc(SCc3ccccc3)n2)n1. The molecule has 26 heavy (non-hydrogen) atoms. The lowest BCUT2D eigenvalue weighted by Crippen LogP contribution is -2.25. The molecular weight excluding hydrogens is 348 g/mol. The molecule has 3 aromatic rings. The van der Waals surface area contributed by atoms with Gasteiger partial charge in [-0.1, -0.05) is 42.1 Å². The fourth-order valence-corrected chi connectivity index (χ4v) is 3.10. The van der Waals surface area contributed by atoms with E-state index in [-0.39, 0.29) is 0 Å². The molecule has 9 heteroatoms. The Bertz CT molecular complexity index is 832. The lowest BCUT2D eigenvalue weighted by molar-refractivity contribution is 0.748. The maximum Gasteiger partial charge on any atom is 0.258 e. The molecule has 0 radical (unpaired) electrons. The van der Waals surface area contributed by atoms with E-state index in [4.69, 9.17) is 0 Å². The summed E-state index contributed by atoms with van der Waals surface area (Å²) in [5.74, 6) is 2.39. The average Bonchev–Trinajstić information content (AvgIpc) is 3.17. The number of hydrogen-bond donors (Lipinski definition) is 1. The summed E-state index contributed by atoms with van der Waals surface area (Å²) < 4.78 is 1.59. The molecule has 0 amide bonds. The van der Waals surface area contributed by atoms with Crippen molar-refractivity contribution < 1.29 is 0 Å². The van der Waals surface area contributed by atoms with Crippen LogP contribution in [0.4, 0.5) is 11.9 Å². The molecule has 0 aliphatic rings. The van der Waals surface area contributed by atoms with Gasteiger partial charge in [0.25, 0.3) is 5.95 Å². The number of hydrogen-bond acceptors (Lipinski definition) is 8. The first-order chi connectivity index (χ1) is 12.7. The standard InChI is InChI=1S/C17H22N8S/c1-4-24(5-2)15-20-14(18-3)21-16(22-15)25-12-19-17(23-25)26-11-13-9-7-6-8-10-13/h6-10,12H,4-5,11H2,1-3H3,(H,18,20,21,22). The Morgan fingerprint density at radius 2 is 1.85 bits per heavy atom. The van der Waals surface area contributed by atoms with Gasteiger partial charge >= 0.3 is 0 Å². The Labute approximate surface area is 157 Å². The summed E-state index contributed by atoms with van der Waals surface area (Å²) >= 11 is 1.58. The summed E-state index contributed by atoms with van der Waals surface area (Å²) in [6.07, 6.45) is 1.63. The first-order valence-electron chi connectivity index (χ1n) is 8.51. The van der Waals surface area contributed by atoms with E-state index < -0.39 is 0 Å². The minimum absolute atomic E-state index is 0.449. The third-order valence-corrected chi connectivity index (χ3v) is 4.69. The van der Waals surface area contributed by atoms with Gasteiger partial charge in [-0.15, -0.1) is 5.10 Å². The number of nitrogens with one attached hydrogen (secondary N) is 1. The van der Waals surface area contributed by atoms with Crippen molar-refractivity contribution in [2.24, 2.45) is 0 Å². The van der Waals surface area contributed by atoms with E-state index in [1.54, 1.807) is 29.8 Å². The molecule has 2 aromatic heterocycles. The molecule has 2 heterocycles. The molecule has 0 saturated heterocycles. The Morgan fingerprint density at radius 3 is 2.54 bits per heavy atom. The van der Waals surface area contributed by atoms with E-state index in [9.17, 15) is 0 Å². The van der Waals surface area contributed by atoms with Crippen LogP contribution < -0.4 is 10.2 Å². The van der Waals surface area contributed by atoms with Gasteiger partial charge in [0.1, 0.15) is 6.33 Å². The van der Waals surface area contributed by atoms with Gasteiger partial charge < -0.3 is 10.2 Å². The minimum atomic E-state index is 0.449. The first-order valence-corrected chi connectivity index (χ1v) is 9.49. The smallest absolute Gasteiger partial charge is 0.258 e. The predicted molar refractivity (Wildman–Crippen MR) is 104 cm³/mol. The average molecular weight is 370 g/mol. The number of anilines is 2. The summed E-state index contributed by atoms with van der Waals surface area (Å²) in [6.45, 7) is 5.77. The fourth-order valence-electron chi connectivity index (χ4n) is 2.35. The normalized spacial score (nSPS) is 10.7. The van der Waals surface area contributed by atoms with E-state index in [2.05, 4.69) is 61.2 Å². The lowest BCUT2D eigenvalue weighted by atomic mass is 10.2. The summed E-state index contributed by atoms with van der Waals surface area (Å²) in [7, 11) is 1.79. The van der Waals surface area contributed by atoms with Crippen molar-refractivity contribution in [1.82, 2.24) is 29.7 Å².